The monoisotopic (exact) mass is 304 g/mol. The highest BCUT2D eigenvalue weighted by atomic mass is 32.2. The predicted molar refractivity (Wildman–Crippen MR) is 74.7 cm³/mol. The summed E-state index contributed by atoms with van der Waals surface area (Å²) in [7, 11) is -2.47. The van der Waals surface area contributed by atoms with Crippen molar-refractivity contribution in [3.05, 3.63) is 24.4 Å². The lowest BCUT2D eigenvalue weighted by molar-refractivity contribution is 0.476. The number of imidazole rings is 1. The van der Waals surface area contributed by atoms with Crippen LogP contribution in [-0.4, -0.2) is 42.2 Å². The van der Waals surface area contributed by atoms with Crippen LogP contribution in [0.5, 0.6) is 0 Å². The average Bonchev–Trinajstić information content (AvgIpc) is 2.86. The molecule has 2 rings (SSSR count). The van der Waals surface area contributed by atoms with Crippen LogP contribution in [0.3, 0.4) is 0 Å². The number of pyridine rings is 1. The third-order valence-electron chi connectivity index (χ3n) is 2.80. The van der Waals surface area contributed by atoms with Crippen molar-refractivity contribution >= 4 is 21.5 Å². The molecule has 2 aromatic heterocycles. The Labute approximate surface area is 121 Å². The van der Waals surface area contributed by atoms with Gasteiger partial charge < -0.3 is 5.32 Å². The number of sulfonamides is 1. The van der Waals surface area contributed by atoms with E-state index in [-0.39, 0.29) is 10.8 Å². The van der Waals surface area contributed by atoms with Crippen molar-refractivity contribution in [1.29, 1.82) is 10.5 Å². The molecular weight excluding hydrogens is 292 g/mol. The minimum Gasteiger partial charge on any atom is -0.371 e. The lowest BCUT2D eigenvalue weighted by Crippen LogP contribution is -2.33. The Hall–Kier alpha value is -2.62. The molecule has 0 aliphatic heterocycles. The third kappa shape index (κ3) is 2.52. The number of fused-ring (bicyclic) bond motifs is 1. The Morgan fingerprint density at radius 2 is 2.00 bits per heavy atom. The number of nitriles is 2. The van der Waals surface area contributed by atoms with E-state index >= 15 is 0 Å². The highest BCUT2D eigenvalue weighted by Gasteiger charge is 2.31. The summed E-state index contributed by atoms with van der Waals surface area (Å²) in [6.45, 7) is -0.807. The molecule has 0 bridgehead atoms. The molecule has 0 aliphatic carbocycles. The normalized spacial score (nSPS) is 11.2. The van der Waals surface area contributed by atoms with E-state index in [4.69, 9.17) is 10.5 Å². The lowest BCUT2D eigenvalue weighted by Gasteiger charge is -2.16. The van der Waals surface area contributed by atoms with Crippen LogP contribution in [0.1, 0.15) is 0 Å². The van der Waals surface area contributed by atoms with Crippen LogP contribution >= 0.6 is 0 Å². The van der Waals surface area contributed by atoms with Crippen LogP contribution in [0, 0.1) is 22.7 Å². The molecular formula is C12H12N6O2S. The quantitative estimate of drug-likeness (QED) is 0.800. The average molecular weight is 304 g/mol. The number of hydrogen-bond donors (Lipinski definition) is 1. The zero-order valence-electron chi connectivity index (χ0n) is 11.2. The fraction of sp³-hybridized carbons (Fsp3) is 0.250. The van der Waals surface area contributed by atoms with E-state index in [9.17, 15) is 8.42 Å². The molecule has 0 aliphatic rings. The van der Waals surface area contributed by atoms with Crippen molar-refractivity contribution in [3.63, 3.8) is 0 Å². The molecule has 2 aromatic rings. The van der Waals surface area contributed by atoms with Crippen LogP contribution in [0.15, 0.2) is 29.4 Å². The summed E-state index contributed by atoms with van der Waals surface area (Å²) >= 11 is 0. The second kappa shape index (κ2) is 5.79. The van der Waals surface area contributed by atoms with Gasteiger partial charge in [0.15, 0.2) is 10.8 Å². The van der Waals surface area contributed by atoms with Crippen LogP contribution in [0.4, 0.5) is 5.82 Å². The van der Waals surface area contributed by atoms with E-state index < -0.39 is 23.1 Å². The number of rotatable bonds is 5. The first-order valence-corrected chi connectivity index (χ1v) is 7.39. The smallest absolute Gasteiger partial charge is 0.264 e. The first kappa shape index (κ1) is 14.8. The summed E-state index contributed by atoms with van der Waals surface area (Å²) in [5.41, 5.74) is 0.453. The maximum atomic E-state index is 12.7. The number of hydrogen-bond acceptors (Lipinski definition) is 6. The van der Waals surface area contributed by atoms with Crippen LogP contribution in [-0.2, 0) is 10.0 Å². The molecule has 0 saturated carbocycles. The van der Waals surface area contributed by atoms with E-state index in [1.54, 1.807) is 43.6 Å². The van der Waals surface area contributed by atoms with E-state index in [1.165, 1.54) is 4.40 Å². The SMILES string of the molecule is CNc1nc2ccccn2c1S(=O)(=O)N(CC#N)CC#N. The number of nitrogens with zero attached hydrogens (tertiary/aromatic N) is 5. The molecule has 1 N–H and O–H groups in total. The second-order valence-electron chi connectivity index (χ2n) is 4.03. The minimum atomic E-state index is -4.03. The Morgan fingerprint density at radius 1 is 1.33 bits per heavy atom. The topological polar surface area (TPSA) is 114 Å². The fourth-order valence-corrected chi connectivity index (χ4v) is 3.38. The zero-order chi connectivity index (χ0) is 15.5. The lowest BCUT2D eigenvalue weighted by atomic mass is 10.5. The van der Waals surface area contributed by atoms with E-state index in [0.29, 0.717) is 5.65 Å². The van der Waals surface area contributed by atoms with Crippen molar-refractivity contribution in [2.24, 2.45) is 0 Å². The Morgan fingerprint density at radius 3 is 2.57 bits per heavy atom. The Kier molecular flexibility index (Phi) is 4.08. The number of nitrogens with one attached hydrogen (secondary N) is 1. The van der Waals surface area contributed by atoms with Gasteiger partial charge in [-0.25, -0.2) is 13.4 Å². The standard InChI is InChI=1S/C12H12N6O2S/c1-15-11-12(18-7-3-2-4-10(18)16-11)21(19,20)17(8-5-13)9-6-14/h2-4,7,15H,8-9H2,1H3. The van der Waals surface area contributed by atoms with Gasteiger partial charge in [-0.1, -0.05) is 6.07 Å². The van der Waals surface area contributed by atoms with E-state index in [2.05, 4.69) is 10.3 Å². The van der Waals surface area contributed by atoms with Crippen molar-refractivity contribution in [3.8, 4) is 12.1 Å². The fourth-order valence-electron chi connectivity index (χ4n) is 1.89. The summed E-state index contributed by atoms with van der Waals surface area (Å²) < 4.78 is 27.6. The molecule has 0 fully saturated rings. The summed E-state index contributed by atoms with van der Waals surface area (Å²) in [5.74, 6) is 0.169. The molecule has 0 amide bonds. The second-order valence-corrected chi connectivity index (χ2v) is 5.89. The van der Waals surface area contributed by atoms with Crippen molar-refractivity contribution in [2.45, 2.75) is 5.03 Å². The molecule has 0 radical (unpaired) electrons. The van der Waals surface area contributed by atoms with Crippen LogP contribution < -0.4 is 5.32 Å². The van der Waals surface area contributed by atoms with Crippen molar-refractivity contribution in [2.75, 3.05) is 25.5 Å². The molecule has 0 saturated heterocycles. The van der Waals surface area contributed by atoms with Crippen LogP contribution in [0.2, 0.25) is 0 Å². The molecule has 21 heavy (non-hydrogen) atoms. The summed E-state index contributed by atoms with van der Waals surface area (Å²) in [4.78, 5) is 4.18. The van der Waals surface area contributed by atoms with Crippen LogP contribution in [0.25, 0.3) is 5.65 Å². The van der Waals surface area contributed by atoms with Gasteiger partial charge in [0.25, 0.3) is 10.0 Å². The molecule has 2 heterocycles. The molecule has 0 atom stereocenters. The molecule has 0 unspecified atom stereocenters. The van der Waals surface area contributed by atoms with Gasteiger partial charge in [0.1, 0.15) is 18.7 Å². The zero-order valence-corrected chi connectivity index (χ0v) is 12.0. The highest BCUT2D eigenvalue weighted by Crippen LogP contribution is 2.25. The van der Waals surface area contributed by atoms with Gasteiger partial charge in [-0.2, -0.15) is 14.8 Å². The van der Waals surface area contributed by atoms with Gasteiger partial charge in [0.2, 0.25) is 0 Å². The van der Waals surface area contributed by atoms with Gasteiger partial charge in [0.05, 0.1) is 12.1 Å². The maximum Gasteiger partial charge on any atom is 0.264 e. The molecule has 8 nitrogen and oxygen atoms in total. The molecule has 0 spiro atoms. The molecule has 0 aromatic carbocycles. The summed E-state index contributed by atoms with van der Waals surface area (Å²) in [6.07, 6.45) is 1.56. The summed E-state index contributed by atoms with van der Waals surface area (Å²) in [5, 5.41) is 20.2. The largest absolute Gasteiger partial charge is 0.371 e. The van der Waals surface area contributed by atoms with Crippen molar-refractivity contribution < 1.29 is 8.42 Å². The van der Waals surface area contributed by atoms with Gasteiger partial charge in [-0.15, -0.1) is 0 Å². The van der Waals surface area contributed by atoms with Gasteiger partial charge in [0, 0.05) is 13.2 Å². The first-order valence-electron chi connectivity index (χ1n) is 5.95. The van der Waals surface area contributed by atoms with Gasteiger partial charge >= 0.3 is 0 Å². The van der Waals surface area contributed by atoms with E-state index in [0.717, 1.165) is 4.31 Å². The molecule has 9 heteroatoms. The van der Waals surface area contributed by atoms with E-state index in [1.807, 2.05) is 0 Å². The minimum absolute atomic E-state index is 0.0916. The number of aromatic nitrogens is 2. The Bertz CT molecular complexity index is 827. The van der Waals surface area contributed by atoms with Crippen molar-refractivity contribution in [1.82, 2.24) is 13.7 Å². The first-order chi connectivity index (χ1) is 10.1. The van der Waals surface area contributed by atoms with Gasteiger partial charge in [-0.05, 0) is 12.1 Å². The highest BCUT2D eigenvalue weighted by molar-refractivity contribution is 7.89. The summed E-state index contributed by atoms with van der Waals surface area (Å²) in [6, 6.07) is 8.58. The van der Waals surface area contributed by atoms with Gasteiger partial charge in [-0.3, -0.25) is 4.40 Å². The maximum absolute atomic E-state index is 12.7. The predicted octanol–water partition coefficient (Wildman–Crippen LogP) is 0.414. The number of anilines is 1. The molecule has 108 valence electrons. The third-order valence-corrected chi connectivity index (χ3v) is 4.62. The Balaban J connectivity index is 2.69.